The minimum absolute atomic E-state index is 0.0678. The van der Waals surface area contributed by atoms with E-state index in [0.717, 1.165) is 86.4 Å². The summed E-state index contributed by atoms with van der Waals surface area (Å²) in [6.45, 7) is 3.09. The molecular weight excluding hydrogens is 1380 g/mol. The number of carboxylic acids is 1. The number of alkyl halides is 1. The van der Waals surface area contributed by atoms with Gasteiger partial charge in [0.05, 0.1) is 11.6 Å². The molecule has 4 aromatic rings. The Labute approximate surface area is 635 Å². The highest BCUT2D eigenvalue weighted by molar-refractivity contribution is 6.27. The molecule has 0 fully saturated rings. The number of nitrogens with two attached hydrogens (primary N) is 1. The standard InChI is InChI=1S/C83H115ClN10O13/c1-6-7-8-9-10-11-12-14-17-21-24-33-75(98)90-71(52-58-36-43-63(96)44-37-58)82(104)92-70(51-57-34-41-62(95)42-35-57)80(102)88-49-27-22-19-16-13-15-18-20-23-32-74(97)89-69(81(103)91-68(78(85)100)30-25-28-48-86-76(99)56-84)31-26-29-50-87-79(101)59-38-45-64(67(53-59)83(105)106)77-65-46-39-60(93(2)3)54-72(65)107-73-55-61(94(4)5)40-47-66(73)77/h34-47,53-55,68-71H,6-33,48-52,56H2,1-5H3,(H11-,85,86,87,88,89,90,91,92,95,96,97,98,99,100,101,102,103,104,105,106)/p+1. The molecule has 4 unspecified atom stereocenters. The van der Waals surface area contributed by atoms with E-state index in [2.05, 4.69) is 44.1 Å². The lowest BCUT2D eigenvalue weighted by Crippen LogP contribution is -2.55. The van der Waals surface area contributed by atoms with Crippen LogP contribution in [0.1, 0.15) is 219 Å². The van der Waals surface area contributed by atoms with E-state index in [0.29, 0.717) is 91.5 Å². The topological polar surface area (TPSA) is 344 Å². The molecule has 4 aromatic carbocycles. The SMILES string of the molecule is CCCCCCCCCCCCCC(=O)NC(Cc1ccc(O)cc1)C(=O)NC(Cc1ccc(O)cc1)C(=O)NCCCCCCCCCCCC(=O)NC(CCCCNC(=O)c1ccc(-c2c3ccc(=[N+](C)C)cc-3oc3cc(N(C)C)ccc23)c(C(=O)O)c1)C(=O)NC(CCCCNC(=O)CCl)C(N)=O. The van der Waals surface area contributed by atoms with Crippen LogP contribution in [-0.4, -0.2) is 146 Å². The first kappa shape index (κ1) is 86.4. The van der Waals surface area contributed by atoms with Crippen molar-refractivity contribution in [2.45, 2.75) is 224 Å². The maximum absolute atomic E-state index is 14.2. The number of phenolic OH excluding ortho intramolecular Hbond substituents is 2. The minimum Gasteiger partial charge on any atom is -0.508 e. The van der Waals surface area contributed by atoms with Gasteiger partial charge in [-0.25, -0.2) is 9.37 Å². The molecule has 12 N–H and O–H groups in total. The highest BCUT2D eigenvalue weighted by atomic mass is 35.5. The number of carbonyl (C=O) groups is 9. The van der Waals surface area contributed by atoms with Crippen LogP contribution < -0.4 is 57.8 Å². The molecule has 0 radical (unpaired) electrons. The van der Waals surface area contributed by atoms with E-state index >= 15 is 0 Å². The van der Waals surface area contributed by atoms with E-state index in [1.807, 2.05) is 74.1 Å². The fourth-order valence-corrected chi connectivity index (χ4v) is 13.1. The molecule has 1 aliphatic heterocycles. The number of anilines is 1. The molecule has 582 valence electrons. The monoisotopic (exact) mass is 1500 g/mol. The second kappa shape index (κ2) is 47.2. The van der Waals surface area contributed by atoms with E-state index in [-0.39, 0.29) is 97.2 Å². The van der Waals surface area contributed by atoms with E-state index in [1.54, 1.807) is 36.4 Å². The van der Waals surface area contributed by atoms with Crippen molar-refractivity contribution in [1.82, 2.24) is 41.8 Å². The molecule has 6 rings (SSSR count). The number of unbranched alkanes of at least 4 members (excludes halogenated alkanes) is 20. The zero-order valence-electron chi connectivity index (χ0n) is 63.4. The summed E-state index contributed by atoms with van der Waals surface area (Å²) in [5, 5.41) is 52.2. The molecule has 0 saturated carbocycles. The van der Waals surface area contributed by atoms with Crippen molar-refractivity contribution < 1.29 is 62.9 Å². The number of aromatic hydroxyl groups is 2. The number of hydrogen-bond acceptors (Lipinski definition) is 13. The zero-order valence-corrected chi connectivity index (χ0v) is 64.2. The van der Waals surface area contributed by atoms with E-state index in [4.69, 9.17) is 21.8 Å². The number of hydrogen-bond donors (Lipinski definition) is 11. The predicted molar refractivity (Wildman–Crippen MR) is 421 cm³/mol. The van der Waals surface area contributed by atoms with Crippen molar-refractivity contribution in [2.75, 3.05) is 58.6 Å². The van der Waals surface area contributed by atoms with Gasteiger partial charge in [-0.2, -0.15) is 0 Å². The number of nitrogens with one attached hydrogen (secondary N) is 7. The molecule has 0 spiro atoms. The number of benzene rings is 5. The van der Waals surface area contributed by atoms with Crippen molar-refractivity contribution >= 4 is 81.5 Å². The van der Waals surface area contributed by atoms with Gasteiger partial charge in [-0.1, -0.05) is 146 Å². The van der Waals surface area contributed by atoms with Crippen LogP contribution in [0, 0.1) is 0 Å². The zero-order chi connectivity index (χ0) is 77.5. The van der Waals surface area contributed by atoms with Crippen LogP contribution in [0.5, 0.6) is 11.5 Å². The van der Waals surface area contributed by atoms with Crippen LogP contribution in [0.4, 0.5) is 5.69 Å². The summed E-state index contributed by atoms with van der Waals surface area (Å²) in [5.74, 6) is -4.36. The Morgan fingerprint density at radius 2 is 0.972 bits per heavy atom. The molecule has 1 heterocycles. The first-order valence-electron chi connectivity index (χ1n) is 38.5. The van der Waals surface area contributed by atoms with E-state index in [9.17, 15) is 58.5 Å². The summed E-state index contributed by atoms with van der Waals surface area (Å²) < 4.78 is 8.40. The van der Waals surface area contributed by atoms with Gasteiger partial charge >= 0.3 is 5.97 Å². The molecule has 8 amide bonds. The quantitative estimate of drug-likeness (QED) is 0.00732. The van der Waals surface area contributed by atoms with Crippen LogP contribution in [0.15, 0.2) is 108 Å². The fourth-order valence-electron chi connectivity index (χ4n) is 13.0. The fraction of sp³-hybridized carbons (Fsp3) is 0.518. The first-order chi connectivity index (χ1) is 51.5. The number of carbonyl (C=O) groups excluding carboxylic acids is 8. The molecule has 0 bridgehead atoms. The van der Waals surface area contributed by atoms with Gasteiger partial charge in [0.15, 0.2) is 0 Å². The maximum atomic E-state index is 14.2. The maximum Gasteiger partial charge on any atom is 0.336 e. The van der Waals surface area contributed by atoms with Crippen LogP contribution >= 0.6 is 11.6 Å². The third-order valence-electron chi connectivity index (χ3n) is 19.3. The summed E-state index contributed by atoms with van der Waals surface area (Å²) >= 11 is 5.59. The summed E-state index contributed by atoms with van der Waals surface area (Å²) in [6.07, 6.45) is 23.0. The molecule has 0 aromatic heterocycles. The Kier molecular flexibility index (Phi) is 38.1. The number of nitrogens with zero attached hydrogens (tertiary/aromatic N) is 2. The third kappa shape index (κ3) is 30.7. The number of primary amides is 1. The molecule has 2 aliphatic rings. The highest BCUT2D eigenvalue weighted by Gasteiger charge is 2.30. The van der Waals surface area contributed by atoms with Crippen LogP contribution in [-0.2, 0) is 46.4 Å². The predicted octanol–water partition coefficient (Wildman–Crippen LogP) is 11.5. The number of rotatable bonds is 51. The Bertz CT molecular complexity index is 3880. The van der Waals surface area contributed by atoms with Gasteiger partial charge in [0, 0.05) is 99.3 Å². The lowest BCUT2D eigenvalue weighted by molar-refractivity contribution is -0.132. The Morgan fingerprint density at radius 3 is 1.50 bits per heavy atom. The second-order valence-corrected chi connectivity index (χ2v) is 28.7. The van der Waals surface area contributed by atoms with Gasteiger partial charge in [-0.3, -0.25) is 38.4 Å². The number of halogens is 1. The minimum atomic E-state index is -1.22. The smallest absolute Gasteiger partial charge is 0.336 e. The summed E-state index contributed by atoms with van der Waals surface area (Å²) in [6, 6.07) is 24.9. The van der Waals surface area contributed by atoms with Crippen molar-refractivity contribution in [1.29, 1.82) is 0 Å². The average molecular weight is 1500 g/mol. The van der Waals surface area contributed by atoms with Gasteiger partial charge in [-0.05, 0) is 129 Å². The number of amides is 8. The summed E-state index contributed by atoms with van der Waals surface area (Å²) in [4.78, 5) is 122. The van der Waals surface area contributed by atoms with Crippen LogP contribution in [0.2, 0.25) is 0 Å². The number of fused-ring (bicyclic) bond motifs is 2. The van der Waals surface area contributed by atoms with Gasteiger partial charge in [0.1, 0.15) is 67.0 Å². The number of phenols is 2. The molecule has 24 heteroatoms. The molecule has 1 aliphatic carbocycles. The molecule has 23 nitrogen and oxygen atoms in total. The highest BCUT2D eigenvalue weighted by Crippen LogP contribution is 2.42. The largest absolute Gasteiger partial charge is 0.508 e. The average Bonchev–Trinajstić information content (AvgIpc) is 0.744. The van der Waals surface area contributed by atoms with Crippen LogP contribution in [0.3, 0.4) is 0 Å². The summed E-state index contributed by atoms with van der Waals surface area (Å²) in [7, 11) is 7.68. The molecule has 107 heavy (non-hydrogen) atoms. The normalized spacial score (nSPS) is 12.3. The Morgan fingerprint density at radius 1 is 0.495 bits per heavy atom. The first-order valence-corrected chi connectivity index (χ1v) is 39.1. The Balaban J connectivity index is 0.957. The second-order valence-electron chi connectivity index (χ2n) is 28.4. The molecule has 4 atom stereocenters. The van der Waals surface area contributed by atoms with Gasteiger partial charge in [-0.15, -0.1) is 11.6 Å². The van der Waals surface area contributed by atoms with Gasteiger partial charge in [0.2, 0.25) is 46.7 Å². The third-order valence-corrected chi connectivity index (χ3v) is 19.6. The van der Waals surface area contributed by atoms with Crippen molar-refractivity contribution in [3.63, 3.8) is 0 Å². The number of aromatic carboxylic acids is 1. The van der Waals surface area contributed by atoms with Crippen molar-refractivity contribution in [2.24, 2.45) is 5.73 Å². The molecule has 0 saturated heterocycles. The summed E-state index contributed by atoms with van der Waals surface area (Å²) in [5.41, 5.74) is 10.4. The molecular formula is C83H116ClN10O13+. The van der Waals surface area contributed by atoms with Crippen molar-refractivity contribution in [3.05, 3.63) is 131 Å². The van der Waals surface area contributed by atoms with Gasteiger partial charge < -0.3 is 67.6 Å². The van der Waals surface area contributed by atoms with E-state index < -0.39 is 53.8 Å². The number of carboxylic acid groups (broad SMARTS) is 1. The Hall–Kier alpha value is -9.51. The van der Waals surface area contributed by atoms with Crippen molar-refractivity contribution in [3.8, 4) is 33.9 Å². The lowest BCUT2D eigenvalue weighted by atomic mass is 9.89. The lowest BCUT2D eigenvalue weighted by Gasteiger charge is -2.24. The van der Waals surface area contributed by atoms with Crippen LogP contribution in [0.25, 0.3) is 33.4 Å². The van der Waals surface area contributed by atoms with Gasteiger partial charge in [0.25, 0.3) is 5.91 Å². The van der Waals surface area contributed by atoms with E-state index in [1.165, 1.54) is 75.3 Å².